The number of nitriles is 1. The third-order valence-corrected chi connectivity index (χ3v) is 4.72. The highest BCUT2D eigenvalue weighted by Crippen LogP contribution is 2.27. The van der Waals surface area contributed by atoms with Crippen LogP contribution in [-0.4, -0.2) is 19.7 Å². The van der Waals surface area contributed by atoms with Crippen molar-refractivity contribution in [3.05, 3.63) is 69.4 Å². The van der Waals surface area contributed by atoms with Crippen molar-refractivity contribution < 1.29 is 4.52 Å². The highest BCUT2D eigenvalue weighted by atomic mass is 35.5. The lowest BCUT2D eigenvalue weighted by Crippen LogP contribution is -2.26. The zero-order chi connectivity index (χ0) is 20.5. The predicted octanol–water partition coefficient (Wildman–Crippen LogP) is 3.05. The monoisotopic (exact) mass is 407 g/mol. The summed E-state index contributed by atoms with van der Waals surface area (Å²) in [6, 6.07) is 10.2. The molecule has 0 amide bonds. The zero-order valence-electron chi connectivity index (χ0n) is 15.1. The molecular formula is C19H14ClN7O2. The third-order valence-electron chi connectivity index (χ3n) is 4.40. The predicted molar refractivity (Wildman–Crippen MR) is 108 cm³/mol. The number of pyridine rings is 1. The molecular weight excluding hydrogens is 394 g/mol. The third kappa shape index (κ3) is 3.26. The van der Waals surface area contributed by atoms with Gasteiger partial charge in [-0.15, -0.1) is 0 Å². The summed E-state index contributed by atoms with van der Waals surface area (Å²) in [5.41, 5.74) is 6.11. The van der Waals surface area contributed by atoms with Crippen LogP contribution in [0.3, 0.4) is 0 Å². The van der Waals surface area contributed by atoms with E-state index in [1.165, 1.54) is 17.0 Å². The van der Waals surface area contributed by atoms with Gasteiger partial charge in [-0.25, -0.2) is 4.98 Å². The van der Waals surface area contributed by atoms with E-state index in [0.29, 0.717) is 27.3 Å². The molecule has 1 aromatic carbocycles. The number of benzene rings is 1. The van der Waals surface area contributed by atoms with E-state index in [1.807, 2.05) is 19.1 Å². The first-order valence-corrected chi connectivity index (χ1v) is 8.91. The van der Waals surface area contributed by atoms with Gasteiger partial charge in [-0.05, 0) is 24.4 Å². The maximum Gasteiger partial charge on any atom is 0.266 e. The highest BCUT2D eigenvalue weighted by molar-refractivity contribution is 6.35. The van der Waals surface area contributed by atoms with Gasteiger partial charge in [-0.3, -0.25) is 9.36 Å². The van der Waals surface area contributed by atoms with Crippen LogP contribution >= 0.6 is 11.6 Å². The maximum absolute atomic E-state index is 13.3. The Morgan fingerprint density at radius 2 is 2.21 bits per heavy atom. The van der Waals surface area contributed by atoms with Crippen LogP contribution in [0.4, 0.5) is 11.8 Å². The van der Waals surface area contributed by atoms with Gasteiger partial charge in [0.1, 0.15) is 23.7 Å². The fourth-order valence-electron chi connectivity index (χ4n) is 3.08. The van der Waals surface area contributed by atoms with Crippen molar-refractivity contribution in [1.82, 2.24) is 19.7 Å². The molecule has 3 heterocycles. The number of hydrogen-bond donors (Lipinski definition) is 2. The largest absolute Gasteiger partial charge is 0.368 e. The Kier molecular flexibility index (Phi) is 4.62. The fraction of sp³-hybridized carbons (Fsp3) is 0.105. The summed E-state index contributed by atoms with van der Waals surface area (Å²) in [5.74, 6) is 0.596. The summed E-state index contributed by atoms with van der Waals surface area (Å²) in [6.07, 6.45) is 2.71. The van der Waals surface area contributed by atoms with Crippen molar-refractivity contribution in [2.24, 2.45) is 0 Å². The van der Waals surface area contributed by atoms with Crippen LogP contribution < -0.4 is 16.6 Å². The molecule has 0 radical (unpaired) electrons. The molecule has 0 bridgehead atoms. The molecule has 10 heteroatoms. The van der Waals surface area contributed by atoms with E-state index < -0.39 is 6.04 Å². The van der Waals surface area contributed by atoms with Gasteiger partial charge < -0.3 is 15.6 Å². The molecule has 4 aromatic rings. The van der Waals surface area contributed by atoms with Gasteiger partial charge in [0.25, 0.3) is 5.56 Å². The number of nitrogens with two attached hydrogens (primary N) is 1. The number of aromatic nitrogens is 4. The lowest BCUT2D eigenvalue weighted by atomic mass is 10.1. The molecule has 0 aliphatic carbocycles. The minimum atomic E-state index is -0.454. The molecule has 0 aliphatic rings. The second-order valence-corrected chi connectivity index (χ2v) is 6.65. The Hall–Kier alpha value is -3.90. The van der Waals surface area contributed by atoms with Crippen molar-refractivity contribution in [3.8, 4) is 11.9 Å². The molecule has 0 saturated carbocycles. The number of rotatable bonds is 4. The zero-order valence-corrected chi connectivity index (χ0v) is 15.9. The molecule has 3 aromatic heterocycles. The summed E-state index contributed by atoms with van der Waals surface area (Å²) in [7, 11) is 0. The lowest BCUT2D eigenvalue weighted by Gasteiger charge is -2.20. The number of anilines is 2. The first kappa shape index (κ1) is 18.5. The van der Waals surface area contributed by atoms with Crippen LogP contribution in [0.5, 0.6) is 0 Å². The number of halogens is 1. The molecule has 4 rings (SSSR count). The average molecular weight is 408 g/mol. The highest BCUT2D eigenvalue weighted by Gasteiger charge is 2.20. The Morgan fingerprint density at radius 1 is 1.38 bits per heavy atom. The van der Waals surface area contributed by atoms with Crippen LogP contribution in [0.2, 0.25) is 5.02 Å². The maximum atomic E-state index is 13.3. The summed E-state index contributed by atoms with van der Waals surface area (Å²) in [5, 5.41) is 17.7. The van der Waals surface area contributed by atoms with E-state index in [-0.39, 0.29) is 22.9 Å². The fourth-order valence-corrected chi connectivity index (χ4v) is 3.35. The van der Waals surface area contributed by atoms with E-state index in [1.54, 1.807) is 24.3 Å². The van der Waals surface area contributed by atoms with Crippen LogP contribution in [0.1, 0.15) is 24.2 Å². The number of nitrogen functional groups attached to an aromatic ring is 1. The van der Waals surface area contributed by atoms with Crippen molar-refractivity contribution >= 4 is 34.1 Å². The lowest BCUT2D eigenvalue weighted by molar-refractivity contribution is 0.415. The number of hydrogen-bond acceptors (Lipinski definition) is 8. The molecule has 0 saturated heterocycles. The van der Waals surface area contributed by atoms with Gasteiger partial charge in [0.05, 0.1) is 28.3 Å². The van der Waals surface area contributed by atoms with Crippen molar-refractivity contribution in [2.75, 3.05) is 11.1 Å². The normalized spacial score (nSPS) is 11.9. The molecule has 0 spiro atoms. The number of nitrogens with zero attached hydrogens (tertiary/aromatic N) is 5. The SMILES string of the molecule is CC(Nc1nc(N)ncc1C#N)c1cc2cccc(Cl)c2c(=O)n1-c1ccon1. The van der Waals surface area contributed by atoms with E-state index in [2.05, 4.69) is 20.4 Å². The van der Waals surface area contributed by atoms with Crippen molar-refractivity contribution in [2.45, 2.75) is 13.0 Å². The quantitative estimate of drug-likeness (QED) is 0.526. The number of nitrogens with one attached hydrogen (secondary N) is 1. The molecule has 1 unspecified atom stereocenters. The van der Waals surface area contributed by atoms with Gasteiger partial charge >= 0.3 is 0 Å². The van der Waals surface area contributed by atoms with Crippen molar-refractivity contribution in [1.29, 1.82) is 5.26 Å². The van der Waals surface area contributed by atoms with Gasteiger partial charge in [0, 0.05) is 6.07 Å². The van der Waals surface area contributed by atoms with Gasteiger partial charge in [0.2, 0.25) is 5.95 Å². The van der Waals surface area contributed by atoms with E-state index >= 15 is 0 Å². The van der Waals surface area contributed by atoms with Crippen molar-refractivity contribution in [3.63, 3.8) is 0 Å². The topological polar surface area (TPSA) is 136 Å². The first-order valence-electron chi connectivity index (χ1n) is 8.53. The van der Waals surface area contributed by atoms with E-state index in [0.717, 1.165) is 0 Å². The van der Waals surface area contributed by atoms with Gasteiger partial charge in [0.15, 0.2) is 5.82 Å². The molecule has 1 atom stereocenters. The van der Waals surface area contributed by atoms with E-state index in [9.17, 15) is 10.1 Å². The minimum Gasteiger partial charge on any atom is -0.368 e. The van der Waals surface area contributed by atoms with Crippen LogP contribution in [0.15, 0.2) is 52.1 Å². The van der Waals surface area contributed by atoms with Gasteiger partial charge in [-0.1, -0.05) is 28.9 Å². The minimum absolute atomic E-state index is 0.0258. The summed E-state index contributed by atoms with van der Waals surface area (Å²) < 4.78 is 6.34. The Balaban J connectivity index is 1.91. The molecule has 29 heavy (non-hydrogen) atoms. The Morgan fingerprint density at radius 3 is 2.93 bits per heavy atom. The standard InChI is InChI=1S/C19H14ClN7O2/c1-10(24-17-12(8-21)9-23-19(22)25-17)14-7-11-3-2-4-13(20)16(11)18(28)27(14)15-5-6-29-26-15/h2-7,9-10H,1H3,(H3,22,23,24,25). The Labute approximate surface area is 169 Å². The van der Waals surface area contributed by atoms with Gasteiger partial charge in [-0.2, -0.15) is 10.2 Å². The summed E-state index contributed by atoms with van der Waals surface area (Å²) >= 11 is 6.27. The molecule has 144 valence electrons. The second-order valence-electron chi connectivity index (χ2n) is 6.24. The van der Waals surface area contributed by atoms with Crippen LogP contribution in [-0.2, 0) is 0 Å². The van der Waals surface area contributed by atoms with Crippen LogP contribution in [0, 0.1) is 11.3 Å². The smallest absolute Gasteiger partial charge is 0.266 e. The number of fused-ring (bicyclic) bond motifs is 1. The molecule has 9 nitrogen and oxygen atoms in total. The molecule has 0 aliphatic heterocycles. The average Bonchev–Trinajstić information content (AvgIpc) is 3.22. The second kappa shape index (κ2) is 7.26. The Bertz CT molecular complexity index is 1310. The molecule has 0 fully saturated rings. The van der Waals surface area contributed by atoms with E-state index in [4.69, 9.17) is 21.9 Å². The summed E-state index contributed by atoms with van der Waals surface area (Å²) in [4.78, 5) is 21.2. The first-order chi connectivity index (χ1) is 14.0. The van der Waals surface area contributed by atoms with Crippen LogP contribution in [0.25, 0.3) is 16.6 Å². The molecule has 3 N–H and O–H groups in total. The summed E-state index contributed by atoms with van der Waals surface area (Å²) in [6.45, 7) is 1.82.